The van der Waals surface area contributed by atoms with E-state index in [-0.39, 0.29) is 23.6 Å². The summed E-state index contributed by atoms with van der Waals surface area (Å²) in [6.07, 6.45) is 1.43. The Morgan fingerprint density at radius 1 is 1.67 bits per heavy atom. The largest absolute Gasteiger partial charge is 0.383 e. The zero-order valence-corrected chi connectivity index (χ0v) is 10.9. The van der Waals surface area contributed by atoms with Gasteiger partial charge in [-0.05, 0) is 12.6 Å². The van der Waals surface area contributed by atoms with E-state index in [4.69, 9.17) is 22.1 Å². The lowest BCUT2D eigenvalue weighted by Crippen LogP contribution is -2.39. The Kier molecular flexibility index (Phi) is 4.16. The lowest BCUT2D eigenvalue weighted by molar-refractivity contribution is 0.0892. The number of carbonyl (C=O) groups excluding carboxylic acids is 1. The zero-order chi connectivity index (χ0) is 13.1. The molecule has 5 nitrogen and oxygen atoms in total. The maximum Gasteiger partial charge on any atom is 0.173 e. The standard InChI is InChI=1S/C12H16ClN3O2/c1-2-15-10-6-18-5-9(10)11(17)8-3-7(13)4-16-12(8)14/h3-4,9-10,15H,2,5-6H2,1H3,(H2,14,16). The summed E-state index contributed by atoms with van der Waals surface area (Å²) < 4.78 is 5.36. The van der Waals surface area contributed by atoms with Crippen molar-refractivity contribution < 1.29 is 9.53 Å². The van der Waals surface area contributed by atoms with Crippen molar-refractivity contribution in [1.82, 2.24) is 10.3 Å². The highest BCUT2D eigenvalue weighted by molar-refractivity contribution is 6.31. The van der Waals surface area contributed by atoms with Crippen molar-refractivity contribution in [1.29, 1.82) is 0 Å². The highest BCUT2D eigenvalue weighted by Gasteiger charge is 2.34. The van der Waals surface area contributed by atoms with Crippen LogP contribution in [0.5, 0.6) is 0 Å². The van der Waals surface area contributed by atoms with E-state index >= 15 is 0 Å². The van der Waals surface area contributed by atoms with Crippen LogP contribution in [0.3, 0.4) is 0 Å². The molecular formula is C12H16ClN3O2. The molecule has 0 bridgehead atoms. The molecule has 1 aliphatic heterocycles. The molecule has 2 atom stereocenters. The molecule has 0 aromatic carbocycles. The van der Waals surface area contributed by atoms with E-state index in [1.165, 1.54) is 6.20 Å². The number of likely N-dealkylation sites (N-methyl/N-ethyl adjacent to an activating group) is 1. The lowest BCUT2D eigenvalue weighted by atomic mass is 9.93. The summed E-state index contributed by atoms with van der Waals surface area (Å²) in [6, 6.07) is 1.59. The van der Waals surface area contributed by atoms with Crippen molar-refractivity contribution >= 4 is 23.2 Å². The molecule has 0 amide bonds. The summed E-state index contributed by atoms with van der Waals surface area (Å²) >= 11 is 5.85. The van der Waals surface area contributed by atoms with Gasteiger partial charge in [-0.1, -0.05) is 18.5 Å². The van der Waals surface area contributed by atoms with Gasteiger partial charge >= 0.3 is 0 Å². The normalized spacial score (nSPS) is 23.2. The van der Waals surface area contributed by atoms with Crippen molar-refractivity contribution in [2.45, 2.75) is 13.0 Å². The first-order valence-electron chi connectivity index (χ1n) is 5.89. The van der Waals surface area contributed by atoms with Crippen molar-refractivity contribution in [2.75, 3.05) is 25.5 Å². The number of anilines is 1. The lowest BCUT2D eigenvalue weighted by Gasteiger charge is -2.17. The Bertz CT molecular complexity index is 453. The number of ether oxygens (including phenoxy) is 1. The van der Waals surface area contributed by atoms with Crippen molar-refractivity contribution in [3.63, 3.8) is 0 Å². The fourth-order valence-corrected chi connectivity index (χ4v) is 2.28. The van der Waals surface area contributed by atoms with Crippen molar-refractivity contribution in [3.8, 4) is 0 Å². The van der Waals surface area contributed by atoms with Crippen LogP contribution >= 0.6 is 11.6 Å². The summed E-state index contributed by atoms with van der Waals surface area (Å²) in [5.41, 5.74) is 6.10. The van der Waals surface area contributed by atoms with Crippen LogP contribution in [0.2, 0.25) is 5.02 Å². The van der Waals surface area contributed by atoms with Gasteiger partial charge in [0.1, 0.15) is 5.82 Å². The van der Waals surface area contributed by atoms with Crippen LogP contribution in [0.4, 0.5) is 5.82 Å². The molecule has 0 spiro atoms. The van der Waals surface area contributed by atoms with Gasteiger partial charge in [-0.2, -0.15) is 0 Å². The molecule has 2 unspecified atom stereocenters. The van der Waals surface area contributed by atoms with E-state index in [1.807, 2.05) is 6.92 Å². The van der Waals surface area contributed by atoms with Gasteiger partial charge in [0.2, 0.25) is 0 Å². The molecule has 1 aromatic heterocycles. The third kappa shape index (κ3) is 2.63. The predicted molar refractivity (Wildman–Crippen MR) is 69.8 cm³/mol. The number of nitrogens with one attached hydrogen (secondary N) is 1. The highest BCUT2D eigenvalue weighted by Crippen LogP contribution is 2.23. The Labute approximate surface area is 111 Å². The molecule has 0 aliphatic carbocycles. The summed E-state index contributed by atoms with van der Waals surface area (Å²) in [4.78, 5) is 16.3. The zero-order valence-electron chi connectivity index (χ0n) is 10.1. The van der Waals surface area contributed by atoms with E-state index in [1.54, 1.807) is 6.07 Å². The number of hydrogen-bond acceptors (Lipinski definition) is 5. The number of nitrogens with zero attached hydrogens (tertiary/aromatic N) is 1. The van der Waals surface area contributed by atoms with Gasteiger partial charge < -0.3 is 15.8 Å². The SMILES string of the molecule is CCNC1COCC1C(=O)c1cc(Cl)cnc1N. The first kappa shape index (κ1) is 13.3. The molecule has 2 heterocycles. The Balaban J connectivity index is 2.22. The number of hydrogen-bond donors (Lipinski definition) is 2. The van der Waals surface area contributed by atoms with E-state index in [0.717, 1.165) is 6.54 Å². The Hall–Kier alpha value is -1.17. The number of pyridine rings is 1. The fourth-order valence-electron chi connectivity index (χ4n) is 2.12. The van der Waals surface area contributed by atoms with Gasteiger partial charge in [0.25, 0.3) is 0 Å². The van der Waals surface area contributed by atoms with Gasteiger partial charge in [-0.3, -0.25) is 4.79 Å². The predicted octanol–water partition coefficient (Wildman–Crippen LogP) is 1.12. The van der Waals surface area contributed by atoms with Gasteiger partial charge in [-0.25, -0.2) is 4.98 Å². The van der Waals surface area contributed by atoms with Gasteiger partial charge in [-0.15, -0.1) is 0 Å². The van der Waals surface area contributed by atoms with Crippen LogP contribution in [-0.4, -0.2) is 36.6 Å². The third-order valence-electron chi connectivity index (χ3n) is 3.03. The number of ketones is 1. The molecule has 3 N–H and O–H groups in total. The highest BCUT2D eigenvalue weighted by atomic mass is 35.5. The second-order valence-corrected chi connectivity index (χ2v) is 4.70. The topological polar surface area (TPSA) is 77.2 Å². The smallest absolute Gasteiger partial charge is 0.173 e. The van der Waals surface area contributed by atoms with E-state index in [2.05, 4.69) is 10.3 Å². The molecular weight excluding hydrogens is 254 g/mol. The number of rotatable bonds is 4. The molecule has 2 rings (SSSR count). The summed E-state index contributed by atoms with van der Waals surface area (Å²) in [5.74, 6) is -0.0787. The number of aromatic nitrogens is 1. The van der Waals surface area contributed by atoms with E-state index < -0.39 is 0 Å². The quantitative estimate of drug-likeness (QED) is 0.801. The summed E-state index contributed by atoms with van der Waals surface area (Å²) in [5, 5.41) is 3.65. The first-order chi connectivity index (χ1) is 8.63. The number of halogens is 1. The van der Waals surface area contributed by atoms with E-state index in [9.17, 15) is 4.79 Å². The van der Waals surface area contributed by atoms with Crippen LogP contribution in [0.25, 0.3) is 0 Å². The van der Waals surface area contributed by atoms with Crippen LogP contribution < -0.4 is 11.1 Å². The number of nitrogen functional groups attached to an aromatic ring is 1. The molecule has 18 heavy (non-hydrogen) atoms. The maximum absolute atomic E-state index is 12.4. The molecule has 0 radical (unpaired) electrons. The molecule has 1 saturated heterocycles. The van der Waals surface area contributed by atoms with Crippen LogP contribution in [0.1, 0.15) is 17.3 Å². The van der Waals surface area contributed by atoms with Gasteiger partial charge in [0.05, 0.1) is 29.7 Å². The number of nitrogens with two attached hydrogens (primary N) is 1. The minimum absolute atomic E-state index is 0.0286. The van der Waals surface area contributed by atoms with Crippen molar-refractivity contribution in [2.24, 2.45) is 5.92 Å². The average Bonchev–Trinajstić information content (AvgIpc) is 2.80. The maximum atomic E-state index is 12.4. The van der Waals surface area contributed by atoms with Crippen LogP contribution in [-0.2, 0) is 4.74 Å². The Morgan fingerprint density at radius 2 is 2.44 bits per heavy atom. The minimum Gasteiger partial charge on any atom is -0.383 e. The summed E-state index contributed by atoms with van der Waals surface area (Å²) in [7, 11) is 0. The number of Topliss-reactive ketones (excluding diaryl/α,β-unsaturated/α-hetero) is 1. The minimum atomic E-state index is -0.229. The Morgan fingerprint density at radius 3 is 3.17 bits per heavy atom. The second-order valence-electron chi connectivity index (χ2n) is 4.26. The molecule has 1 fully saturated rings. The summed E-state index contributed by atoms with van der Waals surface area (Å²) in [6.45, 7) is 3.73. The third-order valence-corrected chi connectivity index (χ3v) is 3.24. The monoisotopic (exact) mass is 269 g/mol. The number of carbonyl (C=O) groups is 1. The van der Waals surface area contributed by atoms with E-state index in [0.29, 0.717) is 23.8 Å². The average molecular weight is 270 g/mol. The van der Waals surface area contributed by atoms with Gasteiger partial charge in [0.15, 0.2) is 5.78 Å². The molecule has 1 aliphatic rings. The van der Waals surface area contributed by atoms with Crippen LogP contribution in [0, 0.1) is 5.92 Å². The van der Waals surface area contributed by atoms with Crippen molar-refractivity contribution in [3.05, 3.63) is 22.8 Å². The molecule has 98 valence electrons. The van der Waals surface area contributed by atoms with Gasteiger partial charge in [0, 0.05) is 12.2 Å². The molecule has 0 saturated carbocycles. The second kappa shape index (κ2) is 5.65. The fraction of sp³-hybridized carbons (Fsp3) is 0.500. The van der Waals surface area contributed by atoms with Crippen LogP contribution in [0.15, 0.2) is 12.3 Å². The molecule has 6 heteroatoms. The first-order valence-corrected chi connectivity index (χ1v) is 6.27. The molecule has 1 aromatic rings.